The summed E-state index contributed by atoms with van der Waals surface area (Å²) in [6.45, 7) is 8.88. The van der Waals surface area contributed by atoms with Gasteiger partial charge in [-0.3, -0.25) is 0 Å². The summed E-state index contributed by atoms with van der Waals surface area (Å²) >= 11 is 0. The van der Waals surface area contributed by atoms with Crippen LogP contribution in [0.25, 0.3) is 0 Å². The second kappa shape index (κ2) is 4.69. The molecule has 3 rings (SSSR count). The highest BCUT2D eigenvalue weighted by molar-refractivity contribution is 5.48. The summed E-state index contributed by atoms with van der Waals surface area (Å²) in [5.41, 5.74) is 2.79. The zero-order chi connectivity index (χ0) is 13.5. The molecule has 1 aromatic rings. The Hall–Kier alpha value is -1.26. The Morgan fingerprint density at radius 3 is 2.74 bits per heavy atom. The molecule has 0 bridgehead atoms. The third kappa shape index (κ3) is 2.69. The lowest BCUT2D eigenvalue weighted by atomic mass is 10.0. The number of hydrogen-bond acceptors (Lipinski definition) is 4. The Kier molecular flexibility index (Phi) is 3.15. The van der Waals surface area contributed by atoms with E-state index in [4.69, 9.17) is 9.47 Å². The summed E-state index contributed by atoms with van der Waals surface area (Å²) < 4.78 is 10.8. The molecule has 1 fully saturated rings. The standard InChI is InChI=1S/C15H22N2O2/c1-10-4-13-14(19-9-18-13)5-11(10)7-16-12-6-15(2,3)17-8-12/h4-5,12,16-17H,6-9H2,1-3H3. The van der Waals surface area contributed by atoms with Gasteiger partial charge in [-0.05, 0) is 50.5 Å². The number of nitrogens with one attached hydrogen (secondary N) is 2. The van der Waals surface area contributed by atoms with Crippen LogP contribution >= 0.6 is 0 Å². The Bertz CT molecular complexity index is 485. The van der Waals surface area contributed by atoms with Crippen LogP contribution in [0.15, 0.2) is 12.1 Å². The number of benzene rings is 1. The fourth-order valence-corrected chi connectivity index (χ4v) is 2.83. The molecule has 0 radical (unpaired) electrons. The molecule has 104 valence electrons. The molecule has 0 spiro atoms. The average molecular weight is 262 g/mol. The second-order valence-corrected chi connectivity index (χ2v) is 6.18. The van der Waals surface area contributed by atoms with Gasteiger partial charge in [-0.25, -0.2) is 0 Å². The molecule has 0 amide bonds. The van der Waals surface area contributed by atoms with E-state index in [1.807, 2.05) is 0 Å². The predicted molar refractivity (Wildman–Crippen MR) is 74.6 cm³/mol. The molecule has 2 aliphatic rings. The fourth-order valence-electron chi connectivity index (χ4n) is 2.83. The minimum atomic E-state index is 0.252. The van der Waals surface area contributed by atoms with Crippen molar-refractivity contribution in [2.45, 2.75) is 45.3 Å². The van der Waals surface area contributed by atoms with Gasteiger partial charge < -0.3 is 20.1 Å². The summed E-state index contributed by atoms with van der Waals surface area (Å²) in [6, 6.07) is 4.70. The molecular formula is C15H22N2O2. The van der Waals surface area contributed by atoms with Crippen LogP contribution in [0.1, 0.15) is 31.4 Å². The van der Waals surface area contributed by atoms with E-state index in [1.165, 1.54) is 11.1 Å². The minimum absolute atomic E-state index is 0.252. The second-order valence-electron chi connectivity index (χ2n) is 6.18. The van der Waals surface area contributed by atoms with Crippen molar-refractivity contribution < 1.29 is 9.47 Å². The predicted octanol–water partition coefficient (Wildman–Crippen LogP) is 1.95. The van der Waals surface area contributed by atoms with Crippen molar-refractivity contribution >= 4 is 0 Å². The van der Waals surface area contributed by atoms with Crippen LogP contribution in [0.5, 0.6) is 11.5 Å². The summed E-state index contributed by atoms with van der Waals surface area (Å²) in [7, 11) is 0. The van der Waals surface area contributed by atoms with Gasteiger partial charge in [0.2, 0.25) is 6.79 Å². The molecule has 2 N–H and O–H groups in total. The van der Waals surface area contributed by atoms with E-state index in [2.05, 4.69) is 43.5 Å². The van der Waals surface area contributed by atoms with Crippen LogP contribution in [0, 0.1) is 6.92 Å². The molecule has 2 heterocycles. The number of hydrogen-bond donors (Lipinski definition) is 2. The van der Waals surface area contributed by atoms with Crippen molar-refractivity contribution in [2.75, 3.05) is 13.3 Å². The van der Waals surface area contributed by atoms with Crippen LogP contribution in [0.2, 0.25) is 0 Å². The molecular weight excluding hydrogens is 240 g/mol. The van der Waals surface area contributed by atoms with Gasteiger partial charge >= 0.3 is 0 Å². The first-order valence-corrected chi connectivity index (χ1v) is 6.91. The number of rotatable bonds is 3. The Morgan fingerprint density at radius 1 is 1.32 bits per heavy atom. The van der Waals surface area contributed by atoms with Crippen molar-refractivity contribution in [3.63, 3.8) is 0 Å². The van der Waals surface area contributed by atoms with E-state index >= 15 is 0 Å². The highest BCUT2D eigenvalue weighted by atomic mass is 16.7. The van der Waals surface area contributed by atoms with Crippen LogP contribution in [-0.2, 0) is 6.54 Å². The first-order chi connectivity index (χ1) is 9.03. The first-order valence-electron chi connectivity index (χ1n) is 6.91. The minimum Gasteiger partial charge on any atom is -0.454 e. The van der Waals surface area contributed by atoms with E-state index in [0.717, 1.165) is 31.0 Å². The van der Waals surface area contributed by atoms with E-state index < -0.39 is 0 Å². The zero-order valence-corrected chi connectivity index (χ0v) is 11.9. The lowest BCUT2D eigenvalue weighted by Gasteiger charge is -2.18. The van der Waals surface area contributed by atoms with Crippen molar-refractivity contribution in [3.05, 3.63) is 23.3 Å². The lowest BCUT2D eigenvalue weighted by Crippen LogP contribution is -2.31. The first kappa shape index (κ1) is 12.8. The van der Waals surface area contributed by atoms with Gasteiger partial charge in [-0.1, -0.05) is 0 Å². The van der Waals surface area contributed by atoms with E-state index in [0.29, 0.717) is 12.8 Å². The fraction of sp³-hybridized carbons (Fsp3) is 0.600. The number of aryl methyl sites for hydroxylation is 1. The molecule has 2 aliphatic heterocycles. The third-order valence-corrected chi connectivity index (χ3v) is 4.00. The summed E-state index contributed by atoms with van der Waals surface area (Å²) in [5, 5.41) is 7.16. The molecule has 1 atom stereocenters. The van der Waals surface area contributed by atoms with E-state index in [1.54, 1.807) is 0 Å². The summed E-state index contributed by atoms with van der Waals surface area (Å²) in [4.78, 5) is 0. The van der Waals surface area contributed by atoms with Crippen molar-refractivity contribution in [1.82, 2.24) is 10.6 Å². The van der Waals surface area contributed by atoms with Gasteiger partial charge in [-0.2, -0.15) is 0 Å². The van der Waals surface area contributed by atoms with Crippen LogP contribution < -0.4 is 20.1 Å². The number of ether oxygens (including phenoxy) is 2. The summed E-state index contributed by atoms with van der Waals surface area (Å²) in [6.07, 6.45) is 1.16. The van der Waals surface area contributed by atoms with Crippen LogP contribution in [0.4, 0.5) is 0 Å². The van der Waals surface area contributed by atoms with Crippen molar-refractivity contribution in [3.8, 4) is 11.5 Å². The van der Waals surface area contributed by atoms with Crippen LogP contribution in [0.3, 0.4) is 0 Å². The third-order valence-electron chi connectivity index (χ3n) is 4.00. The van der Waals surface area contributed by atoms with E-state index in [-0.39, 0.29) is 5.54 Å². The van der Waals surface area contributed by atoms with Gasteiger partial charge in [0.15, 0.2) is 11.5 Å². The molecule has 19 heavy (non-hydrogen) atoms. The molecule has 4 heteroatoms. The highest BCUT2D eigenvalue weighted by Gasteiger charge is 2.29. The monoisotopic (exact) mass is 262 g/mol. The van der Waals surface area contributed by atoms with Gasteiger partial charge in [0.25, 0.3) is 0 Å². The molecule has 0 aliphatic carbocycles. The van der Waals surface area contributed by atoms with Crippen LogP contribution in [-0.4, -0.2) is 24.9 Å². The number of fused-ring (bicyclic) bond motifs is 1. The van der Waals surface area contributed by atoms with Crippen molar-refractivity contribution in [1.29, 1.82) is 0 Å². The Morgan fingerprint density at radius 2 is 2.05 bits per heavy atom. The topological polar surface area (TPSA) is 42.5 Å². The smallest absolute Gasteiger partial charge is 0.231 e. The maximum Gasteiger partial charge on any atom is 0.231 e. The maximum atomic E-state index is 5.44. The van der Waals surface area contributed by atoms with Gasteiger partial charge in [0.05, 0.1) is 0 Å². The van der Waals surface area contributed by atoms with Gasteiger partial charge in [-0.15, -0.1) is 0 Å². The Labute approximate surface area is 114 Å². The normalized spacial score (nSPS) is 23.8. The molecule has 0 saturated carbocycles. The van der Waals surface area contributed by atoms with E-state index in [9.17, 15) is 0 Å². The van der Waals surface area contributed by atoms with Crippen molar-refractivity contribution in [2.24, 2.45) is 0 Å². The molecule has 1 unspecified atom stereocenters. The SMILES string of the molecule is Cc1cc2c(cc1CNC1CNC(C)(C)C1)OCO2. The van der Waals surface area contributed by atoms with Gasteiger partial charge in [0, 0.05) is 24.7 Å². The highest BCUT2D eigenvalue weighted by Crippen LogP contribution is 2.34. The molecule has 1 saturated heterocycles. The molecule has 0 aromatic heterocycles. The van der Waals surface area contributed by atoms with Gasteiger partial charge in [0.1, 0.15) is 0 Å². The zero-order valence-electron chi connectivity index (χ0n) is 11.9. The maximum absolute atomic E-state index is 5.44. The summed E-state index contributed by atoms with van der Waals surface area (Å²) in [5.74, 6) is 1.73. The largest absolute Gasteiger partial charge is 0.454 e. The molecule has 1 aromatic carbocycles. The quantitative estimate of drug-likeness (QED) is 0.874. The Balaban J connectivity index is 1.64. The average Bonchev–Trinajstić information content (AvgIpc) is 2.92. The molecule has 4 nitrogen and oxygen atoms in total. The lowest BCUT2D eigenvalue weighted by molar-refractivity contribution is 0.174.